The molecule has 3 nitrogen and oxygen atoms in total. The quantitative estimate of drug-likeness (QED) is 0.866. The molecule has 2 rings (SSSR count). The molecule has 0 saturated carbocycles. The first-order valence-corrected chi connectivity index (χ1v) is 7.32. The van der Waals surface area contributed by atoms with Gasteiger partial charge in [0, 0.05) is 38.3 Å². The molecule has 0 amide bonds. The average molecular weight is 261 g/mol. The molecular weight excluding hydrogens is 234 g/mol. The summed E-state index contributed by atoms with van der Waals surface area (Å²) >= 11 is 0. The summed E-state index contributed by atoms with van der Waals surface area (Å²) in [6.45, 7) is 11.2. The van der Waals surface area contributed by atoms with Gasteiger partial charge >= 0.3 is 0 Å². The molecule has 0 radical (unpaired) electrons. The molecule has 1 aromatic carbocycles. The first kappa shape index (κ1) is 14.5. The Morgan fingerprint density at radius 1 is 1.16 bits per heavy atom. The number of rotatable bonds is 4. The van der Waals surface area contributed by atoms with Gasteiger partial charge in [-0.3, -0.25) is 4.90 Å². The first-order valence-electron chi connectivity index (χ1n) is 7.32. The van der Waals surface area contributed by atoms with E-state index in [1.165, 1.54) is 16.7 Å². The summed E-state index contributed by atoms with van der Waals surface area (Å²) in [5.74, 6) is 0. The molecule has 2 atom stereocenters. The van der Waals surface area contributed by atoms with Crippen LogP contribution in [0, 0.1) is 13.8 Å². The molecule has 0 aliphatic carbocycles. The fraction of sp³-hybridized carbons (Fsp3) is 0.625. The van der Waals surface area contributed by atoms with Gasteiger partial charge in [0.15, 0.2) is 0 Å². The van der Waals surface area contributed by atoms with Crippen molar-refractivity contribution in [1.82, 2.24) is 15.5 Å². The number of hydrogen-bond donors (Lipinski definition) is 2. The van der Waals surface area contributed by atoms with Crippen molar-refractivity contribution in [3.8, 4) is 0 Å². The van der Waals surface area contributed by atoms with Crippen LogP contribution in [0.4, 0.5) is 0 Å². The smallest absolute Gasteiger partial charge is 0.0473 e. The van der Waals surface area contributed by atoms with E-state index < -0.39 is 0 Å². The Bertz CT molecular complexity index is 410. The summed E-state index contributed by atoms with van der Waals surface area (Å²) in [5.41, 5.74) is 4.15. The van der Waals surface area contributed by atoms with E-state index in [2.05, 4.69) is 61.6 Å². The maximum atomic E-state index is 3.50. The van der Waals surface area contributed by atoms with E-state index in [0.717, 1.165) is 26.2 Å². The second kappa shape index (κ2) is 6.51. The van der Waals surface area contributed by atoms with Crippen LogP contribution in [-0.4, -0.2) is 44.2 Å². The van der Waals surface area contributed by atoms with E-state index in [9.17, 15) is 0 Å². The van der Waals surface area contributed by atoms with Crippen molar-refractivity contribution in [1.29, 1.82) is 0 Å². The molecule has 1 aliphatic heterocycles. The predicted octanol–water partition coefficient (Wildman–Crippen LogP) is 1.86. The Labute approximate surface area is 117 Å². The SMILES string of the molecule is CNC(c1ccc(C)c(C)c1)C(C)N1CCNCC1. The molecule has 2 unspecified atom stereocenters. The van der Waals surface area contributed by atoms with Crippen molar-refractivity contribution in [2.24, 2.45) is 0 Å². The van der Waals surface area contributed by atoms with Gasteiger partial charge in [-0.05, 0) is 44.5 Å². The van der Waals surface area contributed by atoms with Gasteiger partial charge in [-0.25, -0.2) is 0 Å². The summed E-state index contributed by atoms with van der Waals surface area (Å²) < 4.78 is 0. The first-order chi connectivity index (χ1) is 9.13. The highest BCUT2D eigenvalue weighted by atomic mass is 15.2. The number of benzene rings is 1. The summed E-state index contributed by atoms with van der Waals surface area (Å²) in [6, 6.07) is 7.75. The summed E-state index contributed by atoms with van der Waals surface area (Å²) in [6.07, 6.45) is 0. The highest BCUT2D eigenvalue weighted by Crippen LogP contribution is 2.23. The number of nitrogens with one attached hydrogen (secondary N) is 2. The number of nitrogens with zero attached hydrogens (tertiary/aromatic N) is 1. The average Bonchev–Trinajstić information content (AvgIpc) is 2.44. The van der Waals surface area contributed by atoms with E-state index in [1.54, 1.807) is 0 Å². The third-order valence-electron chi connectivity index (χ3n) is 4.41. The molecule has 1 saturated heterocycles. The zero-order chi connectivity index (χ0) is 13.8. The minimum Gasteiger partial charge on any atom is -0.314 e. The van der Waals surface area contributed by atoms with Crippen LogP contribution in [0.2, 0.25) is 0 Å². The highest BCUT2D eigenvalue weighted by molar-refractivity contribution is 5.32. The van der Waals surface area contributed by atoms with Crippen LogP contribution >= 0.6 is 0 Å². The van der Waals surface area contributed by atoms with E-state index in [-0.39, 0.29) is 0 Å². The molecule has 0 spiro atoms. The summed E-state index contributed by atoms with van der Waals surface area (Å²) in [5, 5.41) is 6.92. The minimum absolute atomic E-state index is 0.400. The monoisotopic (exact) mass is 261 g/mol. The minimum atomic E-state index is 0.400. The Hall–Kier alpha value is -0.900. The molecular formula is C16H27N3. The van der Waals surface area contributed by atoms with Gasteiger partial charge in [-0.2, -0.15) is 0 Å². The van der Waals surface area contributed by atoms with Crippen LogP contribution in [-0.2, 0) is 0 Å². The van der Waals surface area contributed by atoms with E-state index >= 15 is 0 Å². The van der Waals surface area contributed by atoms with Crippen molar-refractivity contribution in [2.75, 3.05) is 33.2 Å². The maximum absolute atomic E-state index is 3.50. The van der Waals surface area contributed by atoms with Crippen molar-refractivity contribution < 1.29 is 0 Å². The van der Waals surface area contributed by atoms with Crippen LogP contribution in [0.3, 0.4) is 0 Å². The zero-order valence-electron chi connectivity index (χ0n) is 12.7. The Morgan fingerprint density at radius 2 is 1.84 bits per heavy atom. The van der Waals surface area contributed by atoms with Crippen LogP contribution in [0.25, 0.3) is 0 Å². The lowest BCUT2D eigenvalue weighted by Crippen LogP contribution is -2.51. The molecule has 0 aromatic heterocycles. The molecule has 19 heavy (non-hydrogen) atoms. The van der Waals surface area contributed by atoms with Crippen LogP contribution in [0.1, 0.15) is 29.7 Å². The van der Waals surface area contributed by atoms with Crippen molar-refractivity contribution in [3.05, 3.63) is 34.9 Å². The summed E-state index contributed by atoms with van der Waals surface area (Å²) in [4.78, 5) is 2.58. The van der Waals surface area contributed by atoms with Crippen molar-refractivity contribution in [3.63, 3.8) is 0 Å². The third-order valence-corrected chi connectivity index (χ3v) is 4.41. The fourth-order valence-corrected chi connectivity index (χ4v) is 2.94. The predicted molar refractivity (Wildman–Crippen MR) is 81.6 cm³/mol. The van der Waals surface area contributed by atoms with E-state index in [1.807, 2.05) is 0 Å². The lowest BCUT2D eigenvalue weighted by atomic mass is 9.95. The fourth-order valence-electron chi connectivity index (χ4n) is 2.94. The third kappa shape index (κ3) is 3.35. The van der Waals surface area contributed by atoms with Gasteiger partial charge in [-0.15, -0.1) is 0 Å². The molecule has 2 N–H and O–H groups in total. The van der Waals surface area contributed by atoms with Gasteiger partial charge in [-0.1, -0.05) is 18.2 Å². The molecule has 1 aliphatic rings. The Kier molecular flexibility index (Phi) is 4.97. The summed E-state index contributed by atoms with van der Waals surface area (Å²) in [7, 11) is 2.07. The lowest BCUT2D eigenvalue weighted by molar-refractivity contribution is 0.153. The second-order valence-electron chi connectivity index (χ2n) is 5.64. The van der Waals surface area contributed by atoms with Crippen LogP contribution < -0.4 is 10.6 Å². The Morgan fingerprint density at radius 3 is 2.42 bits per heavy atom. The number of aryl methyl sites for hydroxylation is 2. The lowest BCUT2D eigenvalue weighted by Gasteiger charge is -2.37. The Balaban J connectivity index is 2.15. The molecule has 106 valence electrons. The van der Waals surface area contributed by atoms with Gasteiger partial charge < -0.3 is 10.6 Å². The maximum Gasteiger partial charge on any atom is 0.0473 e. The largest absolute Gasteiger partial charge is 0.314 e. The zero-order valence-corrected chi connectivity index (χ0v) is 12.7. The molecule has 1 aromatic rings. The topological polar surface area (TPSA) is 27.3 Å². The van der Waals surface area contributed by atoms with Gasteiger partial charge in [0.05, 0.1) is 0 Å². The standard InChI is InChI=1S/C16H27N3/c1-12-5-6-15(11-13(12)2)16(17-4)14(3)19-9-7-18-8-10-19/h5-6,11,14,16-18H,7-10H2,1-4H3. The van der Waals surface area contributed by atoms with Crippen molar-refractivity contribution >= 4 is 0 Å². The highest BCUT2D eigenvalue weighted by Gasteiger charge is 2.24. The molecule has 3 heteroatoms. The van der Waals surface area contributed by atoms with Crippen LogP contribution in [0.15, 0.2) is 18.2 Å². The molecule has 1 heterocycles. The van der Waals surface area contributed by atoms with Crippen LogP contribution in [0.5, 0.6) is 0 Å². The second-order valence-corrected chi connectivity index (χ2v) is 5.64. The number of likely N-dealkylation sites (N-methyl/N-ethyl adjacent to an activating group) is 1. The van der Waals surface area contributed by atoms with E-state index in [4.69, 9.17) is 0 Å². The normalized spacial score (nSPS) is 20.2. The number of hydrogen-bond acceptors (Lipinski definition) is 3. The number of piperazine rings is 1. The molecule has 0 bridgehead atoms. The van der Waals surface area contributed by atoms with E-state index in [0.29, 0.717) is 12.1 Å². The van der Waals surface area contributed by atoms with Crippen molar-refractivity contribution in [2.45, 2.75) is 32.9 Å². The van der Waals surface area contributed by atoms with Gasteiger partial charge in [0.2, 0.25) is 0 Å². The van der Waals surface area contributed by atoms with Gasteiger partial charge in [0.1, 0.15) is 0 Å². The van der Waals surface area contributed by atoms with Gasteiger partial charge in [0.25, 0.3) is 0 Å². The molecule has 1 fully saturated rings.